The van der Waals surface area contributed by atoms with Gasteiger partial charge in [0.2, 0.25) is 10.0 Å². The van der Waals surface area contributed by atoms with E-state index in [1.165, 1.54) is 51.4 Å². The van der Waals surface area contributed by atoms with Gasteiger partial charge in [-0.25, -0.2) is 18.2 Å². The van der Waals surface area contributed by atoms with E-state index in [0.29, 0.717) is 23.7 Å². The first-order chi connectivity index (χ1) is 14.4. The van der Waals surface area contributed by atoms with Gasteiger partial charge in [0.1, 0.15) is 17.3 Å². The maximum absolute atomic E-state index is 13.0. The average molecular weight is 450 g/mol. The average Bonchev–Trinajstić information content (AvgIpc) is 3.44. The minimum Gasteiger partial charge on any atom is -0.495 e. The topological polar surface area (TPSA) is 107 Å². The van der Waals surface area contributed by atoms with E-state index in [1.54, 1.807) is 11.6 Å². The Balaban J connectivity index is 1.57. The van der Waals surface area contributed by atoms with Gasteiger partial charge in [-0.3, -0.25) is 9.20 Å². The molecule has 0 radical (unpaired) electrons. The molecule has 1 aliphatic heterocycles. The van der Waals surface area contributed by atoms with Crippen LogP contribution in [0.25, 0.3) is 4.96 Å². The molecule has 0 N–H and O–H groups in total. The molecule has 3 heterocycles. The highest BCUT2D eigenvalue weighted by Gasteiger charge is 2.30. The second-order valence-electron chi connectivity index (χ2n) is 6.69. The maximum Gasteiger partial charge on any atom is 0.338 e. The number of fused-ring (bicyclic) bond motifs is 1. The summed E-state index contributed by atoms with van der Waals surface area (Å²) >= 11 is 1.29. The molecule has 1 aliphatic rings. The molecule has 0 spiro atoms. The van der Waals surface area contributed by atoms with Crippen molar-refractivity contribution in [2.75, 3.05) is 20.2 Å². The molecule has 1 fully saturated rings. The van der Waals surface area contributed by atoms with Crippen molar-refractivity contribution >= 4 is 32.3 Å². The summed E-state index contributed by atoms with van der Waals surface area (Å²) < 4.78 is 39.2. The molecule has 9 nitrogen and oxygen atoms in total. The van der Waals surface area contributed by atoms with Crippen LogP contribution < -0.4 is 10.3 Å². The molecule has 0 bridgehead atoms. The molecule has 0 amide bonds. The standard InChI is InChI=1S/C19H19N3O6S2/c1-27-15-5-4-13(10-16(15)30(25,26)21-6-2-3-7-21)18(24)28-12-14-11-17(23)22-8-9-29-19(22)20-14/h4-5,8-11H,2-3,6-7,12H2,1H3. The van der Waals surface area contributed by atoms with Crippen LogP contribution in [0.4, 0.5) is 0 Å². The summed E-state index contributed by atoms with van der Waals surface area (Å²) in [4.78, 5) is 29.3. The van der Waals surface area contributed by atoms with Crippen molar-refractivity contribution in [1.82, 2.24) is 13.7 Å². The first kappa shape index (κ1) is 20.5. The number of methoxy groups -OCH3 is 1. The minimum absolute atomic E-state index is 0.0716. The van der Waals surface area contributed by atoms with E-state index in [1.807, 2.05) is 0 Å². The highest BCUT2D eigenvalue weighted by atomic mass is 32.2. The lowest BCUT2D eigenvalue weighted by molar-refractivity contribution is 0.0467. The van der Waals surface area contributed by atoms with E-state index in [4.69, 9.17) is 9.47 Å². The number of ether oxygens (including phenoxy) is 2. The molecule has 1 saturated heterocycles. The first-order valence-electron chi connectivity index (χ1n) is 9.21. The molecule has 3 aromatic rings. The minimum atomic E-state index is -3.78. The number of rotatable bonds is 6. The van der Waals surface area contributed by atoms with Crippen molar-refractivity contribution in [2.45, 2.75) is 24.3 Å². The summed E-state index contributed by atoms with van der Waals surface area (Å²) in [6, 6.07) is 5.43. The van der Waals surface area contributed by atoms with Crippen LogP contribution in [0, 0.1) is 0 Å². The number of thiazole rings is 1. The van der Waals surface area contributed by atoms with Crippen LogP contribution in [-0.4, -0.2) is 48.3 Å². The molecule has 30 heavy (non-hydrogen) atoms. The van der Waals surface area contributed by atoms with Gasteiger partial charge in [0.05, 0.1) is 18.4 Å². The molecular formula is C19H19N3O6S2. The Morgan fingerprint density at radius 2 is 2.00 bits per heavy atom. The van der Waals surface area contributed by atoms with Crippen LogP contribution >= 0.6 is 11.3 Å². The predicted molar refractivity (Wildman–Crippen MR) is 109 cm³/mol. The zero-order valence-corrected chi connectivity index (χ0v) is 17.7. The summed E-state index contributed by atoms with van der Waals surface area (Å²) in [5, 5.41) is 1.74. The summed E-state index contributed by atoms with van der Waals surface area (Å²) in [6.45, 7) is 0.669. The lowest BCUT2D eigenvalue weighted by Crippen LogP contribution is -2.28. The monoisotopic (exact) mass is 449 g/mol. The van der Waals surface area contributed by atoms with Gasteiger partial charge in [-0.2, -0.15) is 4.31 Å². The van der Waals surface area contributed by atoms with Gasteiger partial charge in [-0.15, -0.1) is 11.3 Å². The molecule has 0 unspecified atom stereocenters. The van der Waals surface area contributed by atoms with Crippen molar-refractivity contribution in [1.29, 1.82) is 0 Å². The molecule has 158 valence electrons. The summed E-state index contributed by atoms with van der Waals surface area (Å²) in [5.41, 5.74) is 0.118. The smallest absolute Gasteiger partial charge is 0.338 e. The lowest BCUT2D eigenvalue weighted by Gasteiger charge is -2.18. The van der Waals surface area contributed by atoms with E-state index >= 15 is 0 Å². The zero-order chi connectivity index (χ0) is 21.3. The summed E-state index contributed by atoms with van der Waals surface area (Å²) in [5.74, 6) is -0.556. The van der Waals surface area contributed by atoms with Gasteiger partial charge in [-0.05, 0) is 31.0 Å². The Morgan fingerprint density at radius 1 is 1.23 bits per heavy atom. The van der Waals surface area contributed by atoms with Gasteiger partial charge < -0.3 is 9.47 Å². The number of carbonyl (C=O) groups excluding carboxylic acids is 1. The van der Waals surface area contributed by atoms with Gasteiger partial charge in [0.15, 0.2) is 4.96 Å². The molecule has 11 heteroatoms. The highest BCUT2D eigenvalue weighted by molar-refractivity contribution is 7.89. The summed E-state index contributed by atoms with van der Waals surface area (Å²) in [7, 11) is -2.41. The number of aromatic nitrogens is 2. The second kappa shape index (κ2) is 8.17. The normalized spacial score (nSPS) is 14.8. The van der Waals surface area contributed by atoms with Crippen LogP contribution in [-0.2, 0) is 21.4 Å². The quantitative estimate of drug-likeness (QED) is 0.529. The van der Waals surface area contributed by atoms with Gasteiger partial charge in [0.25, 0.3) is 5.56 Å². The Hall–Kier alpha value is -2.76. The van der Waals surface area contributed by atoms with Crippen LogP contribution in [0.15, 0.2) is 45.5 Å². The predicted octanol–water partition coefficient (Wildman–Crippen LogP) is 1.91. The van der Waals surface area contributed by atoms with Crippen molar-refractivity contribution in [3.8, 4) is 5.75 Å². The number of esters is 1. The van der Waals surface area contributed by atoms with Gasteiger partial charge >= 0.3 is 5.97 Å². The number of carbonyl (C=O) groups is 1. The molecule has 2 aromatic heterocycles. The molecule has 0 aliphatic carbocycles. The molecule has 0 atom stereocenters. The van der Waals surface area contributed by atoms with Crippen LogP contribution in [0.2, 0.25) is 0 Å². The van der Waals surface area contributed by atoms with Crippen molar-refractivity contribution in [2.24, 2.45) is 0 Å². The van der Waals surface area contributed by atoms with E-state index in [2.05, 4.69) is 4.98 Å². The van der Waals surface area contributed by atoms with Gasteiger partial charge in [-0.1, -0.05) is 0 Å². The number of hydrogen-bond donors (Lipinski definition) is 0. The fourth-order valence-electron chi connectivity index (χ4n) is 3.26. The Bertz CT molecular complexity index is 1260. The SMILES string of the molecule is COc1ccc(C(=O)OCc2cc(=O)n3ccsc3n2)cc1S(=O)(=O)N1CCCC1. The Morgan fingerprint density at radius 3 is 2.73 bits per heavy atom. The third-order valence-corrected chi connectivity index (χ3v) is 7.47. The van der Waals surface area contributed by atoms with Crippen molar-refractivity contribution in [3.63, 3.8) is 0 Å². The van der Waals surface area contributed by atoms with E-state index < -0.39 is 16.0 Å². The largest absolute Gasteiger partial charge is 0.495 e. The number of benzene rings is 1. The number of nitrogens with zero attached hydrogens (tertiary/aromatic N) is 3. The lowest BCUT2D eigenvalue weighted by atomic mass is 10.2. The Kier molecular flexibility index (Phi) is 5.58. The van der Waals surface area contributed by atoms with E-state index in [-0.39, 0.29) is 28.4 Å². The van der Waals surface area contributed by atoms with Crippen LogP contribution in [0.1, 0.15) is 28.9 Å². The zero-order valence-electron chi connectivity index (χ0n) is 16.1. The van der Waals surface area contributed by atoms with Crippen LogP contribution in [0.5, 0.6) is 5.75 Å². The Labute approximate surface area is 176 Å². The fourth-order valence-corrected chi connectivity index (χ4v) is 5.69. The third kappa shape index (κ3) is 3.83. The molecule has 4 rings (SSSR count). The van der Waals surface area contributed by atoms with Crippen molar-refractivity contribution < 1.29 is 22.7 Å². The first-order valence-corrected chi connectivity index (χ1v) is 11.5. The van der Waals surface area contributed by atoms with E-state index in [9.17, 15) is 18.0 Å². The van der Waals surface area contributed by atoms with Crippen molar-refractivity contribution in [3.05, 3.63) is 57.5 Å². The third-order valence-electron chi connectivity index (χ3n) is 4.79. The number of hydrogen-bond acceptors (Lipinski definition) is 8. The van der Waals surface area contributed by atoms with Gasteiger partial charge in [0, 0.05) is 30.7 Å². The summed E-state index contributed by atoms with van der Waals surface area (Å²) in [6.07, 6.45) is 3.21. The molecule has 1 aromatic carbocycles. The maximum atomic E-state index is 13.0. The number of sulfonamides is 1. The molecule has 0 saturated carbocycles. The molecular weight excluding hydrogens is 430 g/mol. The second-order valence-corrected chi connectivity index (χ2v) is 9.47. The highest BCUT2D eigenvalue weighted by Crippen LogP contribution is 2.30. The fraction of sp³-hybridized carbons (Fsp3) is 0.316. The van der Waals surface area contributed by atoms with Crippen LogP contribution in [0.3, 0.4) is 0 Å². The van der Waals surface area contributed by atoms with E-state index in [0.717, 1.165) is 12.8 Å².